The molecule has 0 aromatic rings. The molecular weight excluding hydrogens is 248 g/mol. The molecule has 1 saturated heterocycles. The van der Waals surface area contributed by atoms with Gasteiger partial charge in [0.15, 0.2) is 0 Å². The molecule has 0 aliphatic carbocycles. The zero-order valence-electron chi connectivity index (χ0n) is 9.41. The Morgan fingerprint density at radius 3 is 2.53 bits per heavy atom. The maximum atomic E-state index is 12.1. The predicted octanol–water partition coefficient (Wildman–Crippen LogP) is -0.864. The van der Waals surface area contributed by atoms with Crippen LogP contribution < -0.4 is 0 Å². The third-order valence-corrected chi connectivity index (χ3v) is 4.22. The van der Waals surface area contributed by atoms with Crippen LogP contribution in [0.25, 0.3) is 0 Å². The first-order chi connectivity index (χ1) is 7.98. The van der Waals surface area contributed by atoms with E-state index in [2.05, 4.69) is 6.58 Å². The van der Waals surface area contributed by atoms with Gasteiger partial charge in [0.25, 0.3) is 10.2 Å². The number of hydrogen-bond acceptors (Lipinski definition) is 4. The second kappa shape index (κ2) is 6.10. The highest BCUT2D eigenvalue weighted by molar-refractivity contribution is 7.86. The van der Waals surface area contributed by atoms with Gasteiger partial charge in [-0.15, -0.1) is 6.58 Å². The predicted molar refractivity (Wildman–Crippen MR) is 60.7 cm³/mol. The molecule has 1 fully saturated rings. The molecule has 0 aromatic heterocycles. The third kappa shape index (κ3) is 3.77. The molecule has 7 nitrogen and oxygen atoms in total. The molecule has 0 aromatic carbocycles. The number of hydrogen-bond donors (Lipinski definition) is 1. The van der Waals surface area contributed by atoms with Gasteiger partial charge in [0.2, 0.25) is 0 Å². The summed E-state index contributed by atoms with van der Waals surface area (Å²) in [4.78, 5) is 10.6. The summed E-state index contributed by atoms with van der Waals surface area (Å²) in [6.45, 7) is 3.99. The van der Waals surface area contributed by atoms with Gasteiger partial charge in [0.05, 0.1) is 13.2 Å². The number of rotatable bonds is 6. The fourth-order valence-electron chi connectivity index (χ4n) is 1.48. The molecule has 0 atom stereocenters. The largest absolute Gasteiger partial charge is 0.480 e. The van der Waals surface area contributed by atoms with E-state index in [4.69, 9.17) is 9.84 Å². The molecule has 0 radical (unpaired) electrons. The Bertz CT molecular complexity index is 375. The number of carbonyl (C=O) groups is 1. The van der Waals surface area contributed by atoms with Crippen LogP contribution in [0.4, 0.5) is 0 Å². The van der Waals surface area contributed by atoms with Gasteiger partial charge in [0.1, 0.15) is 6.54 Å². The Hall–Kier alpha value is -0.960. The quantitative estimate of drug-likeness (QED) is 0.631. The zero-order chi connectivity index (χ0) is 12.9. The first kappa shape index (κ1) is 14.1. The Balaban J connectivity index is 2.81. The minimum atomic E-state index is -3.75. The summed E-state index contributed by atoms with van der Waals surface area (Å²) in [5.74, 6) is -1.19. The molecule has 0 amide bonds. The van der Waals surface area contributed by atoms with Crippen LogP contribution in [0, 0.1) is 0 Å². The highest BCUT2D eigenvalue weighted by Gasteiger charge is 2.31. The van der Waals surface area contributed by atoms with Gasteiger partial charge in [-0.2, -0.15) is 17.0 Å². The van der Waals surface area contributed by atoms with Crippen LogP contribution in [-0.2, 0) is 19.7 Å². The molecule has 1 aliphatic heterocycles. The first-order valence-electron chi connectivity index (χ1n) is 5.14. The second-order valence-corrected chi connectivity index (χ2v) is 5.42. The SMILES string of the molecule is C=CCN(CC(=O)O)S(=O)(=O)N1CCOCC1. The molecule has 98 valence electrons. The molecule has 1 N–H and O–H groups in total. The van der Waals surface area contributed by atoms with Crippen molar-refractivity contribution >= 4 is 16.2 Å². The van der Waals surface area contributed by atoms with Gasteiger partial charge in [-0.1, -0.05) is 6.08 Å². The molecule has 1 heterocycles. The third-order valence-electron chi connectivity index (χ3n) is 2.27. The average molecular weight is 264 g/mol. The standard InChI is InChI=1S/C9H16N2O5S/c1-2-3-11(8-9(12)13)17(14,15)10-4-6-16-7-5-10/h2H,1,3-8H2,(H,12,13). The lowest BCUT2D eigenvalue weighted by Crippen LogP contribution is -2.49. The molecule has 0 spiro atoms. The Labute approximate surface area is 100 Å². The van der Waals surface area contributed by atoms with E-state index in [0.717, 1.165) is 4.31 Å². The summed E-state index contributed by atoms with van der Waals surface area (Å²) >= 11 is 0. The van der Waals surface area contributed by atoms with Crippen LogP contribution in [0.5, 0.6) is 0 Å². The van der Waals surface area contributed by atoms with Crippen molar-refractivity contribution in [3.8, 4) is 0 Å². The van der Waals surface area contributed by atoms with E-state index >= 15 is 0 Å². The van der Waals surface area contributed by atoms with Gasteiger partial charge in [0, 0.05) is 19.6 Å². The summed E-state index contributed by atoms with van der Waals surface area (Å²) in [7, 11) is -3.75. The smallest absolute Gasteiger partial charge is 0.318 e. The van der Waals surface area contributed by atoms with Crippen molar-refractivity contribution in [1.82, 2.24) is 8.61 Å². The van der Waals surface area contributed by atoms with E-state index in [1.54, 1.807) is 0 Å². The number of carboxylic acids is 1. The van der Waals surface area contributed by atoms with Crippen LogP contribution in [0.3, 0.4) is 0 Å². The van der Waals surface area contributed by atoms with E-state index in [1.165, 1.54) is 10.4 Å². The van der Waals surface area contributed by atoms with Gasteiger partial charge in [-0.05, 0) is 0 Å². The number of morpholine rings is 1. The number of nitrogens with zero attached hydrogens (tertiary/aromatic N) is 2. The molecule has 1 aliphatic rings. The molecule has 0 unspecified atom stereocenters. The topological polar surface area (TPSA) is 87.2 Å². The molecule has 0 saturated carbocycles. The normalized spacial score (nSPS) is 18.2. The average Bonchev–Trinajstić information content (AvgIpc) is 2.29. The summed E-state index contributed by atoms with van der Waals surface area (Å²) in [6, 6.07) is 0. The van der Waals surface area contributed by atoms with E-state index in [9.17, 15) is 13.2 Å². The fourth-order valence-corrected chi connectivity index (χ4v) is 2.98. The highest BCUT2D eigenvalue weighted by Crippen LogP contribution is 2.10. The minimum absolute atomic E-state index is 0.0218. The summed E-state index contributed by atoms with van der Waals surface area (Å²) < 4.78 is 31.4. The van der Waals surface area contributed by atoms with Crippen molar-refractivity contribution in [1.29, 1.82) is 0 Å². The van der Waals surface area contributed by atoms with E-state index in [-0.39, 0.29) is 19.6 Å². The maximum absolute atomic E-state index is 12.1. The lowest BCUT2D eigenvalue weighted by atomic mass is 10.5. The Kier molecular flexibility index (Phi) is 5.06. The van der Waals surface area contributed by atoms with Gasteiger partial charge in [-0.3, -0.25) is 4.79 Å². The van der Waals surface area contributed by atoms with Crippen LogP contribution in [0.15, 0.2) is 12.7 Å². The second-order valence-electron chi connectivity index (χ2n) is 3.49. The van der Waals surface area contributed by atoms with Crippen molar-refractivity contribution in [3.05, 3.63) is 12.7 Å². The van der Waals surface area contributed by atoms with Crippen LogP contribution in [0.1, 0.15) is 0 Å². The van der Waals surface area contributed by atoms with Crippen molar-refractivity contribution in [2.24, 2.45) is 0 Å². The van der Waals surface area contributed by atoms with Gasteiger partial charge in [-0.25, -0.2) is 0 Å². The van der Waals surface area contributed by atoms with Crippen LogP contribution >= 0.6 is 0 Å². The lowest BCUT2D eigenvalue weighted by Gasteiger charge is -2.30. The fraction of sp³-hybridized carbons (Fsp3) is 0.667. The van der Waals surface area contributed by atoms with Gasteiger partial charge < -0.3 is 9.84 Å². The maximum Gasteiger partial charge on any atom is 0.318 e. The van der Waals surface area contributed by atoms with E-state index in [1.807, 2.05) is 0 Å². The first-order valence-corrected chi connectivity index (χ1v) is 6.54. The minimum Gasteiger partial charge on any atom is -0.480 e. The van der Waals surface area contributed by atoms with Crippen molar-refractivity contribution in [2.45, 2.75) is 0 Å². The van der Waals surface area contributed by atoms with Crippen molar-refractivity contribution < 1.29 is 23.1 Å². The van der Waals surface area contributed by atoms with Crippen molar-refractivity contribution in [3.63, 3.8) is 0 Å². The van der Waals surface area contributed by atoms with Crippen LogP contribution in [0.2, 0.25) is 0 Å². The van der Waals surface area contributed by atoms with E-state index in [0.29, 0.717) is 13.2 Å². The van der Waals surface area contributed by atoms with Crippen LogP contribution in [-0.4, -0.2) is 67.5 Å². The molecule has 8 heteroatoms. The Morgan fingerprint density at radius 1 is 1.47 bits per heavy atom. The molecular formula is C9H16N2O5S. The number of aliphatic carboxylic acids is 1. The summed E-state index contributed by atoms with van der Waals surface area (Å²) in [6.07, 6.45) is 1.36. The van der Waals surface area contributed by atoms with E-state index < -0.39 is 22.7 Å². The summed E-state index contributed by atoms with van der Waals surface area (Å²) in [5.41, 5.74) is 0. The number of carboxylic acid groups (broad SMARTS) is 1. The zero-order valence-corrected chi connectivity index (χ0v) is 10.2. The lowest BCUT2D eigenvalue weighted by molar-refractivity contribution is -0.137. The monoisotopic (exact) mass is 264 g/mol. The van der Waals surface area contributed by atoms with Crippen molar-refractivity contribution in [2.75, 3.05) is 39.4 Å². The summed E-state index contributed by atoms with van der Waals surface area (Å²) in [5, 5.41) is 8.69. The number of ether oxygens (including phenoxy) is 1. The molecule has 0 bridgehead atoms. The molecule has 17 heavy (non-hydrogen) atoms. The highest BCUT2D eigenvalue weighted by atomic mass is 32.2. The molecule has 1 rings (SSSR count). The Morgan fingerprint density at radius 2 is 2.06 bits per heavy atom. The van der Waals surface area contributed by atoms with Gasteiger partial charge >= 0.3 is 5.97 Å².